The zero-order valence-corrected chi connectivity index (χ0v) is 13.9. The highest BCUT2D eigenvalue weighted by atomic mass is 79.9. The number of hydrogen-bond donors (Lipinski definition) is 1. The Morgan fingerprint density at radius 1 is 1.24 bits per heavy atom. The number of halogens is 4. The number of hydrogen-bond acceptors (Lipinski definition) is 4. The van der Waals surface area contributed by atoms with Gasteiger partial charge in [-0.15, -0.1) is 0 Å². The fourth-order valence-electron chi connectivity index (χ4n) is 1.85. The van der Waals surface area contributed by atoms with Crippen molar-refractivity contribution >= 4 is 33.2 Å². The summed E-state index contributed by atoms with van der Waals surface area (Å²) in [5.41, 5.74) is -1.59. The number of rotatable bonds is 5. The quantitative estimate of drug-likeness (QED) is 0.576. The molecule has 2 aromatic rings. The van der Waals surface area contributed by atoms with Crippen molar-refractivity contribution in [1.29, 1.82) is 0 Å². The van der Waals surface area contributed by atoms with Gasteiger partial charge >= 0.3 is 11.9 Å². The molecule has 132 valence electrons. The number of carbonyl (C=O) groups excluding carboxylic acids is 1. The highest BCUT2D eigenvalue weighted by molar-refractivity contribution is 9.10. The first-order valence-electron chi connectivity index (χ1n) is 6.71. The van der Waals surface area contributed by atoms with Gasteiger partial charge in [-0.1, -0.05) is 12.1 Å². The zero-order valence-electron chi connectivity index (χ0n) is 12.3. The number of carbonyl (C=O) groups is 1. The minimum atomic E-state index is -4.72. The SMILES string of the molecule is O=C(COc1ccc(C(F)(F)F)cc1[N+](=O)[O-])Nc1ccccc1Br. The molecule has 0 unspecified atom stereocenters. The third-order valence-corrected chi connectivity index (χ3v) is 3.68. The molecule has 1 N–H and O–H groups in total. The van der Waals surface area contributed by atoms with E-state index in [9.17, 15) is 28.1 Å². The largest absolute Gasteiger partial charge is 0.477 e. The molecule has 2 rings (SSSR count). The van der Waals surface area contributed by atoms with Gasteiger partial charge in [0.15, 0.2) is 12.4 Å². The maximum Gasteiger partial charge on any atom is 0.416 e. The van der Waals surface area contributed by atoms with Crippen LogP contribution in [-0.2, 0) is 11.0 Å². The molecule has 0 aromatic heterocycles. The van der Waals surface area contributed by atoms with E-state index in [1.54, 1.807) is 24.3 Å². The molecule has 2 aromatic carbocycles. The van der Waals surface area contributed by atoms with Crippen LogP contribution in [0.1, 0.15) is 5.56 Å². The average Bonchev–Trinajstić information content (AvgIpc) is 2.54. The van der Waals surface area contributed by atoms with Crippen molar-refractivity contribution in [2.45, 2.75) is 6.18 Å². The van der Waals surface area contributed by atoms with Crippen molar-refractivity contribution in [1.82, 2.24) is 0 Å². The Balaban J connectivity index is 2.11. The highest BCUT2D eigenvalue weighted by Crippen LogP contribution is 2.36. The van der Waals surface area contributed by atoms with E-state index in [0.717, 1.165) is 6.07 Å². The Hall–Kier alpha value is -2.62. The maximum absolute atomic E-state index is 12.6. The third kappa shape index (κ3) is 4.92. The van der Waals surface area contributed by atoms with Gasteiger partial charge in [-0.3, -0.25) is 14.9 Å². The summed E-state index contributed by atoms with van der Waals surface area (Å²) in [4.78, 5) is 21.8. The number of benzene rings is 2. The fraction of sp³-hybridized carbons (Fsp3) is 0.133. The van der Waals surface area contributed by atoms with Crippen LogP contribution in [0.25, 0.3) is 0 Å². The van der Waals surface area contributed by atoms with E-state index >= 15 is 0 Å². The van der Waals surface area contributed by atoms with E-state index in [2.05, 4.69) is 21.2 Å². The van der Waals surface area contributed by atoms with Crippen molar-refractivity contribution in [3.63, 3.8) is 0 Å². The van der Waals surface area contributed by atoms with Gasteiger partial charge in [-0.25, -0.2) is 0 Å². The normalized spacial score (nSPS) is 11.0. The van der Waals surface area contributed by atoms with Crippen LogP contribution in [0, 0.1) is 10.1 Å². The molecule has 25 heavy (non-hydrogen) atoms. The molecule has 0 radical (unpaired) electrons. The summed E-state index contributed by atoms with van der Waals surface area (Å²) in [6.07, 6.45) is -4.72. The predicted octanol–water partition coefficient (Wildman–Crippen LogP) is 4.39. The number of nitrogens with zero attached hydrogens (tertiary/aromatic N) is 1. The van der Waals surface area contributed by atoms with Crippen LogP contribution in [0.2, 0.25) is 0 Å². The van der Waals surface area contributed by atoms with Crippen molar-refractivity contribution in [2.75, 3.05) is 11.9 Å². The van der Waals surface area contributed by atoms with Gasteiger partial charge in [0.1, 0.15) is 0 Å². The number of nitrogens with one attached hydrogen (secondary N) is 1. The van der Waals surface area contributed by atoms with Crippen molar-refractivity contribution in [2.24, 2.45) is 0 Å². The van der Waals surface area contributed by atoms with Crippen LogP contribution < -0.4 is 10.1 Å². The van der Waals surface area contributed by atoms with E-state index < -0.39 is 40.6 Å². The molecular formula is C15H10BrF3N2O4. The first-order valence-corrected chi connectivity index (χ1v) is 7.50. The van der Waals surface area contributed by atoms with Gasteiger partial charge in [0, 0.05) is 10.5 Å². The molecular weight excluding hydrogens is 409 g/mol. The van der Waals surface area contributed by atoms with Crippen LogP contribution in [0.4, 0.5) is 24.5 Å². The van der Waals surface area contributed by atoms with Crippen LogP contribution in [0.5, 0.6) is 5.75 Å². The summed E-state index contributed by atoms with van der Waals surface area (Å²) in [6.45, 7) is -0.604. The minimum absolute atomic E-state index is 0.362. The van der Waals surface area contributed by atoms with Gasteiger partial charge in [0.05, 0.1) is 16.2 Å². The summed E-state index contributed by atoms with van der Waals surface area (Å²) in [7, 11) is 0. The number of alkyl halides is 3. The second-order valence-electron chi connectivity index (χ2n) is 4.75. The standard InChI is InChI=1S/C15H10BrF3N2O4/c16-10-3-1-2-4-11(10)20-14(22)8-25-13-6-5-9(15(17,18)19)7-12(13)21(23)24/h1-7H,8H2,(H,20,22). The highest BCUT2D eigenvalue weighted by Gasteiger charge is 2.33. The summed E-state index contributed by atoms with van der Waals surface area (Å²) in [5, 5.41) is 13.4. The first kappa shape index (κ1) is 18.7. The smallest absolute Gasteiger partial charge is 0.416 e. The molecule has 0 atom stereocenters. The van der Waals surface area contributed by atoms with Crippen LogP contribution in [0.3, 0.4) is 0 Å². The van der Waals surface area contributed by atoms with E-state index in [1.807, 2.05) is 0 Å². The molecule has 0 bridgehead atoms. The Labute approximate surface area is 147 Å². The van der Waals surface area contributed by atoms with Gasteiger partial charge < -0.3 is 10.1 Å². The van der Waals surface area contributed by atoms with Crippen LogP contribution in [0.15, 0.2) is 46.9 Å². The second-order valence-corrected chi connectivity index (χ2v) is 5.61. The molecule has 6 nitrogen and oxygen atoms in total. The molecule has 1 amide bonds. The summed E-state index contributed by atoms with van der Waals surface area (Å²) >= 11 is 3.23. The molecule has 0 spiro atoms. The number of amides is 1. The lowest BCUT2D eigenvalue weighted by atomic mass is 10.2. The Kier molecular flexibility index (Phi) is 5.62. The summed E-state index contributed by atoms with van der Waals surface area (Å²) < 4.78 is 43.5. The molecule has 0 aliphatic heterocycles. The molecule has 10 heteroatoms. The number of ether oxygens (including phenoxy) is 1. The number of nitro groups is 1. The minimum Gasteiger partial charge on any atom is -0.477 e. The molecule has 0 heterocycles. The molecule has 0 fully saturated rings. The monoisotopic (exact) mass is 418 g/mol. The lowest BCUT2D eigenvalue weighted by molar-refractivity contribution is -0.386. The molecule has 0 aliphatic rings. The van der Waals surface area contributed by atoms with E-state index in [0.29, 0.717) is 22.3 Å². The van der Waals surface area contributed by atoms with Gasteiger partial charge in [-0.05, 0) is 40.2 Å². The van der Waals surface area contributed by atoms with E-state index in [4.69, 9.17) is 4.74 Å². The lowest BCUT2D eigenvalue weighted by Crippen LogP contribution is -2.20. The van der Waals surface area contributed by atoms with Crippen molar-refractivity contribution < 1.29 is 27.6 Å². The Morgan fingerprint density at radius 2 is 1.92 bits per heavy atom. The molecule has 0 saturated carbocycles. The van der Waals surface area contributed by atoms with Crippen molar-refractivity contribution in [3.8, 4) is 5.75 Å². The third-order valence-electron chi connectivity index (χ3n) is 2.99. The predicted molar refractivity (Wildman–Crippen MR) is 86.4 cm³/mol. The van der Waals surface area contributed by atoms with E-state index in [-0.39, 0.29) is 0 Å². The van der Waals surface area contributed by atoms with Gasteiger partial charge in [0.25, 0.3) is 5.91 Å². The molecule has 0 saturated heterocycles. The van der Waals surface area contributed by atoms with E-state index in [1.165, 1.54) is 0 Å². The number of anilines is 1. The maximum atomic E-state index is 12.6. The zero-order chi connectivity index (χ0) is 18.6. The number of para-hydroxylation sites is 1. The molecule has 0 aliphatic carbocycles. The van der Waals surface area contributed by atoms with Crippen LogP contribution in [-0.4, -0.2) is 17.4 Å². The summed E-state index contributed by atoms with van der Waals surface area (Å²) in [5.74, 6) is -1.05. The Bertz CT molecular complexity index is 812. The van der Waals surface area contributed by atoms with Crippen molar-refractivity contribution in [3.05, 3.63) is 62.6 Å². The first-order chi connectivity index (χ1) is 11.7. The fourth-order valence-corrected chi connectivity index (χ4v) is 2.23. The lowest BCUT2D eigenvalue weighted by Gasteiger charge is -2.11. The topological polar surface area (TPSA) is 81.5 Å². The average molecular weight is 419 g/mol. The van der Waals surface area contributed by atoms with Gasteiger partial charge in [0.2, 0.25) is 0 Å². The van der Waals surface area contributed by atoms with Crippen LogP contribution >= 0.6 is 15.9 Å². The summed E-state index contributed by atoms with van der Waals surface area (Å²) in [6, 6.07) is 8.55. The number of nitro benzene ring substituents is 1. The second kappa shape index (κ2) is 7.51. The Morgan fingerprint density at radius 3 is 2.52 bits per heavy atom. The van der Waals surface area contributed by atoms with Gasteiger partial charge in [-0.2, -0.15) is 13.2 Å².